The highest BCUT2D eigenvalue weighted by Crippen LogP contribution is 2.39. The Labute approximate surface area is 110 Å². The number of hydrogen-bond donors (Lipinski definition) is 0. The summed E-state index contributed by atoms with van der Waals surface area (Å²) >= 11 is 11.9. The van der Waals surface area contributed by atoms with Crippen LogP contribution in [0.4, 0.5) is 5.82 Å². The molecular formula is C11H14Cl2N4. The average molecular weight is 273 g/mol. The largest absolute Gasteiger partial charge is 0.351 e. The fraction of sp³-hybridized carbons (Fsp3) is 0.727. The molecule has 2 atom stereocenters. The first kappa shape index (κ1) is 11.5. The van der Waals surface area contributed by atoms with Crippen LogP contribution < -0.4 is 4.90 Å². The lowest BCUT2D eigenvalue weighted by molar-refractivity contribution is 0.341. The lowest BCUT2D eigenvalue weighted by Gasteiger charge is -2.32. The summed E-state index contributed by atoms with van der Waals surface area (Å²) in [5.74, 6) is 1.50. The quantitative estimate of drug-likeness (QED) is 0.789. The molecule has 2 unspecified atom stereocenters. The van der Waals surface area contributed by atoms with Gasteiger partial charge in [-0.25, -0.2) is 0 Å². The van der Waals surface area contributed by atoms with Crippen molar-refractivity contribution < 1.29 is 0 Å². The standard InChI is InChI=1S/C11H14Cl2N4/c12-9-10(14-11(13)16-15-9)17-6-5-7-3-1-2-4-8(7)17/h7-8H,1-6H2. The van der Waals surface area contributed by atoms with Crippen LogP contribution in [-0.2, 0) is 0 Å². The van der Waals surface area contributed by atoms with Gasteiger partial charge in [-0.1, -0.05) is 24.4 Å². The van der Waals surface area contributed by atoms with E-state index in [2.05, 4.69) is 20.1 Å². The van der Waals surface area contributed by atoms with E-state index in [-0.39, 0.29) is 5.28 Å². The first-order chi connectivity index (χ1) is 8.25. The summed E-state index contributed by atoms with van der Waals surface area (Å²) in [6.07, 6.45) is 6.42. The van der Waals surface area contributed by atoms with Gasteiger partial charge in [-0.05, 0) is 36.8 Å². The minimum absolute atomic E-state index is 0.170. The van der Waals surface area contributed by atoms with Crippen molar-refractivity contribution in [1.29, 1.82) is 0 Å². The average Bonchev–Trinajstić information content (AvgIpc) is 2.76. The molecule has 1 aromatic heterocycles. The monoisotopic (exact) mass is 272 g/mol. The van der Waals surface area contributed by atoms with Crippen molar-refractivity contribution in [3.8, 4) is 0 Å². The van der Waals surface area contributed by atoms with Crippen LogP contribution in [0.25, 0.3) is 0 Å². The number of nitrogens with zero attached hydrogens (tertiary/aromatic N) is 4. The molecule has 92 valence electrons. The Morgan fingerprint density at radius 1 is 1.06 bits per heavy atom. The maximum atomic E-state index is 6.07. The summed E-state index contributed by atoms with van der Waals surface area (Å²) in [5.41, 5.74) is 0. The summed E-state index contributed by atoms with van der Waals surface area (Å²) in [7, 11) is 0. The fourth-order valence-corrected chi connectivity index (χ4v) is 3.44. The molecule has 0 amide bonds. The zero-order valence-corrected chi connectivity index (χ0v) is 11.0. The van der Waals surface area contributed by atoms with E-state index < -0.39 is 0 Å². The van der Waals surface area contributed by atoms with Gasteiger partial charge in [0, 0.05) is 12.6 Å². The molecule has 0 spiro atoms. The summed E-state index contributed by atoms with van der Waals surface area (Å²) < 4.78 is 0. The van der Waals surface area contributed by atoms with Crippen molar-refractivity contribution in [1.82, 2.24) is 15.2 Å². The van der Waals surface area contributed by atoms with Crippen LogP contribution in [0.15, 0.2) is 0 Å². The molecule has 0 N–H and O–H groups in total. The van der Waals surface area contributed by atoms with Gasteiger partial charge in [-0.3, -0.25) is 0 Å². The van der Waals surface area contributed by atoms with Crippen LogP contribution in [0, 0.1) is 5.92 Å². The Bertz CT molecular complexity index is 426. The molecule has 0 radical (unpaired) electrons. The maximum Gasteiger partial charge on any atom is 0.245 e. The zero-order chi connectivity index (χ0) is 11.8. The third-order valence-corrected chi connectivity index (χ3v) is 4.29. The summed E-state index contributed by atoms with van der Waals surface area (Å²) in [6.45, 7) is 1.00. The van der Waals surface area contributed by atoms with Crippen molar-refractivity contribution >= 4 is 29.0 Å². The van der Waals surface area contributed by atoms with Crippen LogP contribution in [0.5, 0.6) is 0 Å². The molecular weight excluding hydrogens is 259 g/mol. The van der Waals surface area contributed by atoms with Crippen LogP contribution in [0.3, 0.4) is 0 Å². The highest BCUT2D eigenvalue weighted by molar-refractivity contribution is 6.32. The van der Waals surface area contributed by atoms with E-state index in [0.29, 0.717) is 17.0 Å². The van der Waals surface area contributed by atoms with E-state index in [1.165, 1.54) is 32.1 Å². The number of aromatic nitrogens is 3. The number of halogens is 2. The van der Waals surface area contributed by atoms with Crippen LogP contribution in [-0.4, -0.2) is 27.8 Å². The Balaban J connectivity index is 1.91. The summed E-state index contributed by atoms with van der Waals surface area (Å²) in [6, 6.07) is 0.564. The van der Waals surface area contributed by atoms with Gasteiger partial charge in [0.25, 0.3) is 0 Å². The van der Waals surface area contributed by atoms with Crippen molar-refractivity contribution in [3.05, 3.63) is 10.4 Å². The van der Waals surface area contributed by atoms with E-state index >= 15 is 0 Å². The highest BCUT2D eigenvalue weighted by atomic mass is 35.5. The van der Waals surface area contributed by atoms with Crippen molar-refractivity contribution in [3.63, 3.8) is 0 Å². The number of rotatable bonds is 1. The Morgan fingerprint density at radius 2 is 1.88 bits per heavy atom. The van der Waals surface area contributed by atoms with Crippen molar-refractivity contribution in [2.45, 2.75) is 38.1 Å². The molecule has 2 heterocycles. The Morgan fingerprint density at radius 3 is 2.76 bits per heavy atom. The topological polar surface area (TPSA) is 41.9 Å². The van der Waals surface area contributed by atoms with Gasteiger partial charge < -0.3 is 4.90 Å². The van der Waals surface area contributed by atoms with Crippen molar-refractivity contribution in [2.75, 3.05) is 11.4 Å². The lowest BCUT2D eigenvalue weighted by Crippen LogP contribution is -2.35. The van der Waals surface area contributed by atoms with Crippen molar-refractivity contribution in [2.24, 2.45) is 5.92 Å². The Kier molecular flexibility index (Phi) is 3.09. The van der Waals surface area contributed by atoms with E-state index in [1.54, 1.807) is 0 Å². The molecule has 1 aliphatic heterocycles. The zero-order valence-electron chi connectivity index (χ0n) is 9.44. The van der Waals surface area contributed by atoms with E-state index in [0.717, 1.165) is 12.5 Å². The molecule has 1 aliphatic carbocycles. The summed E-state index contributed by atoms with van der Waals surface area (Å²) in [5, 5.41) is 8.03. The van der Waals surface area contributed by atoms with Gasteiger partial charge in [0.2, 0.25) is 5.28 Å². The van der Waals surface area contributed by atoms with Crippen LogP contribution >= 0.6 is 23.2 Å². The number of hydrogen-bond acceptors (Lipinski definition) is 4. The smallest absolute Gasteiger partial charge is 0.245 e. The molecule has 4 nitrogen and oxygen atoms in total. The molecule has 1 saturated heterocycles. The third kappa shape index (κ3) is 2.08. The van der Waals surface area contributed by atoms with Crippen LogP contribution in [0.2, 0.25) is 10.4 Å². The maximum absolute atomic E-state index is 6.07. The second-order valence-electron chi connectivity index (χ2n) is 4.79. The lowest BCUT2D eigenvalue weighted by atomic mass is 9.85. The first-order valence-corrected chi connectivity index (χ1v) is 6.83. The van der Waals surface area contributed by atoms with E-state index in [1.807, 2.05) is 0 Å². The van der Waals surface area contributed by atoms with Gasteiger partial charge in [0.1, 0.15) is 0 Å². The Hall–Kier alpha value is -0.610. The normalized spacial score (nSPS) is 28.2. The van der Waals surface area contributed by atoms with Crippen LogP contribution in [0.1, 0.15) is 32.1 Å². The van der Waals surface area contributed by atoms with E-state index in [9.17, 15) is 0 Å². The second-order valence-corrected chi connectivity index (χ2v) is 5.49. The second kappa shape index (κ2) is 4.58. The number of fused-ring (bicyclic) bond motifs is 1. The minimum atomic E-state index is 0.170. The SMILES string of the molecule is Clc1nnc(Cl)c(N2CCC3CCCCC32)n1. The molecule has 0 bridgehead atoms. The van der Waals surface area contributed by atoms with Gasteiger partial charge in [-0.15, -0.1) is 10.2 Å². The molecule has 6 heteroatoms. The molecule has 1 saturated carbocycles. The van der Waals surface area contributed by atoms with Gasteiger partial charge >= 0.3 is 0 Å². The van der Waals surface area contributed by atoms with Gasteiger partial charge in [-0.2, -0.15) is 4.98 Å². The van der Waals surface area contributed by atoms with Gasteiger partial charge in [0.05, 0.1) is 0 Å². The number of anilines is 1. The molecule has 2 aliphatic rings. The highest BCUT2D eigenvalue weighted by Gasteiger charge is 2.37. The first-order valence-electron chi connectivity index (χ1n) is 6.08. The predicted octanol–water partition coefficient (Wildman–Crippen LogP) is 2.95. The third-order valence-electron chi connectivity index (χ3n) is 3.89. The molecule has 2 fully saturated rings. The van der Waals surface area contributed by atoms with Gasteiger partial charge in [0.15, 0.2) is 11.0 Å². The molecule has 3 rings (SSSR count). The van der Waals surface area contributed by atoms with E-state index in [4.69, 9.17) is 23.2 Å². The predicted molar refractivity (Wildman–Crippen MR) is 67.6 cm³/mol. The molecule has 1 aromatic rings. The molecule has 17 heavy (non-hydrogen) atoms. The molecule has 0 aromatic carbocycles. The fourth-order valence-electron chi connectivity index (χ4n) is 3.14. The summed E-state index contributed by atoms with van der Waals surface area (Å²) in [4.78, 5) is 6.50. The minimum Gasteiger partial charge on any atom is -0.351 e.